The molecule has 2 N–H and O–H groups in total. The van der Waals surface area contributed by atoms with Crippen molar-refractivity contribution in [1.29, 1.82) is 5.26 Å². The standard InChI is InChI=1S/C13H10N4O3/c1-20-11-6-8(7-14)2-3-9(11)15-13(19)10-4-5-12(18)17-16-10/h2-6H,1H3,(H,15,19)(H,17,18). The molecule has 0 radical (unpaired) electrons. The van der Waals surface area contributed by atoms with Gasteiger partial charge in [-0.3, -0.25) is 9.59 Å². The van der Waals surface area contributed by atoms with Crippen LogP contribution >= 0.6 is 0 Å². The van der Waals surface area contributed by atoms with E-state index in [0.29, 0.717) is 17.0 Å². The molecule has 0 aliphatic carbocycles. The topological polar surface area (TPSA) is 108 Å². The van der Waals surface area contributed by atoms with Gasteiger partial charge in [0.25, 0.3) is 11.5 Å². The number of methoxy groups -OCH3 is 1. The number of rotatable bonds is 3. The Morgan fingerprint density at radius 3 is 2.80 bits per heavy atom. The molecule has 1 heterocycles. The van der Waals surface area contributed by atoms with Crippen LogP contribution in [0.2, 0.25) is 0 Å². The highest BCUT2D eigenvalue weighted by molar-refractivity contribution is 6.03. The van der Waals surface area contributed by atoms with Crippen molar-refractivity contribution in [2.75, 3.05) is 12.4 Å². The first-order chi connectivity index (χ1) is 9.63. The molecule has 0 fully saturated rings. The molecule has 0 saturated carbocycles. The second kappa shape index (κ2) is 5.67. The number of ether oxygens (including phenoxy) is 1. The van der Waals surface area contributed by atoms with E-state index >= 15 is 0 Å². The lowest BCUT2D eigenvalue weighted by Gasteiger charge is -2.09. The summed E-state index contributed by atoms with van der Waals surface area (Å²) in [4.78, 5) is 22.8. The number of hydrogen-bond donors (Lipinski definition) is 2. The zero-order valence-electron chi connectivity index (χ0n) is 10.5. The first kappa shape index (κ1) is 13.3. The minimum Gasteiger partial charge on any atom is -0.495 e. The molecule has 0 saturated heterocycles. The molecular weight excluding hydrogens is 260 g/mol. The van der Waals surface area contributed by atoms with Crippen LogP contribution in [0.3, 0.4) is 0 Å². The predicted octanol–water partition coefficient (Wildman–Crippen LogP) is 0.902. The van der Waals surface area contributed by atoms with Gasteiger partial charge in [0.1, 0.15) is 11.4 Å². The number of amides is 1. The molecule has 2 aromatic rings. The molecule has 0 bridgehead atoms. The highest BCUT2D eigenvalue weighted by atomic mass is 16.5. The summed E-state index contributed by atoms with van der Waals surface area (Å²) in [5, 5.41) is 17.2. The number of carbonyl (C=O) groups excluding carboxylic acids is 1. The number of carbonyl (C=O) groups is 1. The molecular formula is C13H10N4O3. The number of benzene rings is 1. The van der Waals surface area contributed by atoms with E-state index in [9.17, 15) is 9.59 Å². The fourth-order valence-electron chi connectivity index (χ4n) is 1.52. The minimum absolute atomic E-state index is 0.0658. The van der Waals surface area contributed by atoms with Crippen LogP contribution in [0.25, 0.3) is 0 Å². The van der Waals surface area contributed by atoms with Crippen molar-refractivity contribution in [3.05, 3.63) is 51.9 Å². The maximum atomic E-state index is 11.9. The summed E-state index contributed by atoms with van der Waals surface area (Å²) in [7, 11) is 1.43. The van der Waals surface area contributed by atoms with Crippen molar-refractivity contribution < 1.29 is 9.53 Å². The Balaban J connectivity index is 2.26. The smallest absolute Gasteiger partial charge is 0.276 e. The third-order valence-corrected chi connectivity index (χ3v) is 2.49. The second-order valence-corrected chi connectivity index (χ2v) is 3.79. The van der Waals surface area contributed by atoms with E-state index in [2.05, 4.69) is 15.5 Å². The van der Waals surface area contributed by atoms with Crippen LogP contribution in [0.15, 0.2) is 35.1 Å². The fourth-order valence-corrected chi connectivity index (χ4v) is 1.52. The summed E-state index contributed by atoms with van der Waals surface area (Å²) in [6, 6.07) is 9.11. The number of anilines is 1. The van der Waals surface area contributed by atoms with Crippen LogP contribution < -0.4 is 15.6 Å². The molecule has 0 aliphatic heterocycles. The Morgan fingerprint density at radius 2 is 2.20 bits per heavy atom. The van der Waals surface area contributed by atoms with Crippen molar-refractivity contribution >= 4 is 11.6 Å². The van der Waals surface area contributed by atoms with Gasteiger partial charge in [-0.1, -0.05) is 0 Å². The van der Waals surface area contributed by atoms with Gasteiger partial charge in [-0.15, -0.1) is 0 Å². The Kier molecular flexibility index (Phi) is 3.77. The van der Waals surface area contributed by atoms with E-state index < -0.39 is 11.5 Å². The average molecular weight is 270 g/mol. The zero-order chi connectivity index (χ0) is 14.5. The number of nitrogens with zero attached hydrogens (tertiary/aromatic N) is 2. The zero-order valence-corrected chi connectivity index (χ0v) is 10.5. The summed E-state index contributed by atoms with van der Waals surface area (Å²) in [6.07, 6.45) is 0. The quantitative estimate of drug-likeness (QED) is 0.861. The summed E-state index contributed by atoms with van der Waals surface area (Å²) >= 11 is 0. The van der Waals surface area contributed by atoms with Crippen LogP contribution in [0.4, 0.5) is 5.69 Å². The molecule has 1 amide bonds. The molecule has 0 spiro atoms. The van der Waals surface area contributed by atoms with Gasteiger partial charge in [0.05, 0.1) is 24.4 Å². The molecule has 2 rings (SSSR count). The van der Waals surface area contributed by atoms with Crippen LogP contribution in [0, 0.1) is 11.3 Å². The third kappa shape index (κ3) is 2.81. The number of nitriles is 1. The molecule has 7 nitrogen and oxygen atoms in total. The maximum Gasteiger partial charge on any atom is 0.276 e. The van der Waals surface area contributed by atoms with E-state index in [0.717, 1.165) is 0 Å². The van der Waals surface area contributed by atoms with Gasteiger partial charge in [-0.05, 0) is 18.2 Å². The summed E-state index contributed by atoms with van der Waals surface area (Å²) < 4.78 is 5.10. The van der Waals surface area contributed by atoms with E-state index in [1.165, 1.54) is 25.3 Å². The van der Waals surface area contributed by atoms with E-state index in [4.69, 9.17) is 10.00 Å². The van der Waals surface area contributed by atoms with Crippen molar-refractivity contribution in [2.45, 2.75) is 0 Å². The Labute approximate surface area is 113 Å². The number of hydrogen-bond acceptors (Lipinski definition) is 5. The molecule has 20 heavy (non-hydrogen) atoms. The van der Waals surface area contributed by atoms with Crippen LogP contribution in [0.1, 0.15) is 16.1 Å². The van der Waals surface area contributed by atoms with E-state index in [1.807, 2.05) is 6.07 Å². The third-order valence-electron chi connectivity index (χ3n) is 2.49. The van der Waals surface area contributed by atoms with E-state index in [-0.39, 0.29) is 5.69 Å². The lowest BCUT2D eigenvalue weighted by molar-refractivity contribution is 0.102. The number of nitrogens with one attached hydrogen (secondary N) is 2. The fraction of sp³-hybridized carbons (Fsp3) is 0.0769. The van der Waals surface area contributed by atoms with Crippen molar-refractivity contribution in [3.8, 4) is 11.8 Å². The summed E-state index contributed by atoms with van der Waals surface area (Å²) in [5.41, 5.74) is 0.500. The number of H-pyrrole nitrogens is 1. The molecule has 1 aromatic carbocycles. The van der Waals surface area contributed by atoms with Gasteiger partial charge in [-0.25, -0.2) is 5.10 Å². The monoisotopic (exact) mass is 270 g/mol. The first-order valence-corrected chi connectivity index (χ1v) is 5.59. The largest absolute Gasteiger partial charge is 0.495 e. The lowest BCUT2D eigenvalue weighted by Crippen LogP contribution is -2.17. The first-order valence-electron chi connectivity index (χ1n) is 5.59. The molecule has 1 aromatic heterocycles. The summed E-state index contributed by atoms with van der Waals surface area (Å²) in [5.74, 6) is -0.133. The van der Waals surface area contributed by atoms with Gasteiger partial charge >= 0.3 is 0 Å². The highest BCUT2D eigenvalue weighted by Crippen LogP contribution is 2.25. The maximum absolute atomic E-state index is 11.9. The van der Waals surface area contributed by atoms with Crippen LogP contribution in [0.5, 0.6) is 5.75 Å². The van der Waals surface area contributed by atoms with Gasteiger partial charge in [0, 0.05) is 12.1 Å². The Bertz CT molecular complexity index is 726. The average Bonchev–Trinajstić information content (AvgIpc) is 2.48. The summed E-state index contributed by atoms with van der Waals surface area (Å²) in [6.45, 7) is 0. The van der Waals surface area contributed by atoms with Crippen molar-refractivity contribution in [3.63, 3.8) is 0 Å². The van der Waals surface area contributed by atoms with Crippen LogP contribution in [-0.2, 0) is 0 Å². The number of aromatic nitrogens is 2. The van der Waals surface area contributed by atoms with Crippen LogP contribution in [-0.4, -0.2) is 23.2 Å². The van der Waals surface area contributed by atoms with Gasteiger partial charge in [0.15, 0.2) is 0 Å². The SMILES string of the molecule is COc1cc(C#N)ccc1NC(=O)c1ccc(=O)[nH]n1. The Morgan fingerprint density at radius 1 is 1.40 bits per heavy atom. The normalized spacial score (nSPS) is 9.60. The lowest BCUT2D eigenvalue weighted by atomic mass is 10.2. The predicted molar refractivity (Wildman–Crippen MR) is 70.5 cm³/mol. The number of aromatic amines is 1. The van der Waals surface area contributed by atoms with Crippen molar-refractivity contribution in [2.24, 2.45) is 0 Å². The molecule has 0 atom stereocenters. The molecule has 100 valence electrons. The van der Waals surface area contributed by atoms with Crippen molar-refractivity contribution in [1.82, 2.24) is 10.2 Å². The minimum atomic E-state index is -0.496. The molecule has 7 heteroatoms. The van der Waals surface area contributed by atoms with Gasteiger partial charge in [0.2, 0.25) is 0 Å². The second-order valence-electron chi connectivity index (χ2n) is 3.79. The molecule has 0 unspecified atom stereocenters. The Hall–Kier alpha value is -3.14. The van der Waals surface area contributed by atoms with Gasteiger partial charge < -0.3 is 10.1 Å². The highest BCUT2D eigenvalue weighted by Gasteiger charge is 2.11. The molecule has 0 aliphatic rings. The van der Waals surface area contributed by atoms with Gasteiger partial charge in [-0.2, -0.15) is 10.4 Å². The van der Waals surface area contributed by atoms with E-state index in [1.54, 1.807) is 12.1 Å².